The highest BCUT2D eigenvalue weighted by atomic mass is 32.1. The second-order valence-electron chi connectivity index (χ2n) is 15.5. The van der Waals surface area contributed by atoms with Crippen LogP contribution in [-0.4, -0.2) is 0 Å². The summed E-state index contributed by atoms with van der Waals surface area (Å²) in [5.74, 6) is 0. The summed E-state index contributed by atoms with van der Waals surface area (Å²) < 4.78 is 5.46. The largest absolute Gasteiger partial charge is 0.135 e. The Labute approximate surface area is 342 Å². The molecule has 0 amide bonds. The van der Waals surface area contributed by atoms with Crippen molar-refractivity contribution in [1.29, 1.82) is 0 Å². The summed E-state index contributed by atoms with van der Waals surface area (Å²) in [4.78, 5) is 0. The van der Waals surface area contributed by atoms with Crippen molar-refractivity contribution in [2.75, 3.05) is 0 Å². The Hall–Kier alpha value is -6.84. The van der Waals surface area contributed by atoms with Gasteiger partial charge < -0.3 is 0 Å². The lowest BCUT2D eigenvalue weighted by Crippen LogP contribution is -1.93. The first-order valence-corrected chi connectivity index (χ1v) is 21.5. The van der Waals surface area contributed by atoms with Gasteiger partial charge in [0.1, 0.15) is 0 Å². The highest BCUT2D eigenvalue weighted by Gasteiger charge is 2.20. The highest BCUT2D eigenvalue weighted by Crippen LogP contribution is 2.49. The van der Waals surface area contributed by atoms with Crippen LogP contribution in [0, 0.1) is 0 Å². The van der Waals surface area contributed by atoms with Crippen molar-refractivity contribution in [1.82, 2.24) is 0 Å². The smallest absolute Gasteiger partial charge is 0.0448 e. The van der Waals surface area contributed by atoms with E-state index in [-0.39, 0.29) is 0 Å². The van der Waals surface area contributed by atoms with Crippen LogP contribution >= 0.6 is 22.7 Å². The van der Waals surface area contributed by atoms with E-state index >= 15 is 0 Å². The number of thiophene rings is 2. The van der Waals surface area contributed by atoms with Gasteiger partial charge in [0.15, 0.2) is 0 Å². The first-order valence-electron chi connectivity index (χ1n) is 19.9. The molecule has 0 aliphatic heterocycles. The molecule has 58 heavy (non-hydrogen) atoms. The molecule has 0 aliphatic rings. The van der Waals surface area contributed by atoms with Gasteiger partial charge >= 0.3 is 0 Å². The molecule has 0 fully saturated rings. The predicted molar refractivity (Wildman–Crippen MR) is 256 cm³/mol. The van der Waals surface area contributed by atoms with E-state index in [1.807, 2.05) is 22.7 Å². The normalized spacial score (nSPS) is 12.1. The minimum absolute atomic E-state index is 1.24. The molecule has 0 N–H and O–H groups in total. The van der Waals surface area contributed by atoms with Crippen molar-refractivity contribution in [3.8, 4) is 33.4 Å². The molecule has 2 aromatic heterocycles. The van der Waals surface area contributed by atoms with Gasteiger partial charge in [-0.2, -0.15) is 0 Å². The van der Waals surface area contributed by atoms with Crippen molar-refractivity contribution in [2.24, 2.45) is 0 Å². The van der Waals surface area contributed by atoms with Gasteiger partial charge in [-0.25, -0.2) is 0 Å². The van der Waals surface area contributed by atoms with Crippen molar-refractivity contribution in [2.45, 2.75) is 0 Å². The van der Waals surface area contributed by atoms with Gasteiger partial charge in [-0.15, -0.1) is 22.7 Å². The average molecular weight is 769 g/mol. The molecule has 0 saturated heterocycles. The third kappa shape index (κ3) is 4.62. The van der Waals surface area contributed by atoms with Gasteiger partial charge in [-0.1, -0.05) is 164 Å². The third-order valence-corrected chi connectivity index (χ3v) is 14.8. The molecular weight excluding hydrogens is 737 g/mol. The van der Waals surface area contributed by atoms with Crippen LogP contribution in [0.15, 0.2) is 194 Å². The van der Waals surface area contributed by atoms with Crippen LogP contribution in [0.5, 0.6) is 0 Å². The van der Waals surface area contributed by atoms with Crippen molar-refractivity contribution >= 4 is 117 Å². The van der Waals surface area contributed by atoms with E-state index in [1.165, 1.54) is 128 Å². The van der Waals surface area contributed by atoms with E-state index in [9.17, 15) is 0 Å². The maximum Gasteiger partial charge on any atom is 0.0448 e. The van der Waals surface area contributed by atoms with Crippen LogP contribution in [0.1, 0.15) is 0 Å². The monoisotopic (exact) mass is 768 g/mol. The average Bonchev–Trinajstić information content (AvgIpc) is 3.84. The summed E-state index contributed by atoms with van der Waals surface area (Å²) in [6, 6.07) is 72.6. The molecule has 0 aliphatic carbocycles. The number of fused-ring (bicyclic) bond motifs is 12. The van der Waals surface area contributed by atoms with Gasteiger partial charge in [0.05, 0.1) is 0 Å². The fourth-order valence-electron chi connectivity index (χ4n) is 9.87. The zero-order valence-corrected chi connectivity index (χ0v) is 32.9. The van der Waals surface area contributed by atoms with Gasteiger partial charge in [0.2, 0.25) is 0 Å². The lowest BCUT2D eigenvalue weighted by Gasteiger charge is -2.20. The summed E-state index contributed by atoms with van der Waals surface area (Å²) in [5.41, 5.74) is 7.61. The molecule has 13 rings (SSSR count). The number of hydrogen-bond acceptors (Lipinski definition) is 2. The molecule has 0 atom stereocenters. The molecule has 0 saturated carbocycles. The number of hydrogen-bond donors (Lipinski definition) is 0. The lowest BCUT2D eigenvalue weighted by molar-refractivity contribution is 1.67. The van der Waals surface area contributed by atoms with E-state index in [1.54, 1.807) is 0 Å². The van der Waals surface area contributed by atoms with Crippen molar-refractivity contribution < 1.29 is 0 Å². The van der Waals surface area contributed by atoms with E-state index in [0.717, 1.165) is 0 Å². The standard InChI is InChI=1S/C56H32S2/c1-2-14-37-33(12-1)13-11-22-41(37)53-42-17-5-7-19-44(42)54(45-20-8-6-18-43(45)53)46-27-26-38(39-15-3-4-16-40(39)46)35-25-24-34-31-49-47-28-29-51-55(48-21-9-10-23-50(48)57-51)56(47)58-52(49)32-36(34)30-35/h1-32H. The van der Waals surface area contributed by atoms with E-state index < -0.39 is 0 Å². The molecular formula is C56H32S2. The van der Waals surface area contributed by atoms with Gasteiger partial charge in [-0.05, 0) is 118 Å². The van der Waals surface area contributed by atoms with Gasteiger partial charge in [-0.3, -0.25) is 0 Å². The zero-order valence-electron chi connectivity index (χ0n) is 31.3. The van der Waals surface area contributed by atoms with Gasteiger partial charge in [0, 0.05) is 40.3 Å². The highest BCUT2D eigenvalue weighted by molar-refractivity contribution is 7.29. The summed E-state index contributed by atoms with van der Waals surface area (Å²) in [6.45, 7) is 0. The van der Waals surface area contributed by atoms with Crippen LogP contribution < -0.4 is 0 Å². The Morgan fingerprint density at radius 3 is 1.59 bits per heavy atom. The second-order valence-corrected chi connectivity index (χ2v) is 17.6. The van der Waals surface area contributed by atoms with Crippen LogP contribution in [0.2, 0.25) is 0 Å². The summed E-state index contributed by atoms with van der Waals surface area (Å²) in [7, 11) is 0. The third-order valence-electron chi connectivity index (χ3n) is 12.4. The minimum Gasteiger partial charge on any atom is -0.135 e. The fourth-order valence-corrected chi connectivity index (χ4v) is 12.3. The Bertz CT molecular complexity index is 3800. The fraction of sp³-hybridized carbons (Fsp3) is 0. The molecule has 0 spiro atoms. The number of benzene rings is 11. The van der Waals surface area contributed by atoms with Crippen LogP contribution in [0.3, 0.4) is 0 Å². The van der Waals surface area contributed by atoms with Crippen LogP contribution in [-0.2, 0) is 0 Å². The maximum absolute atomic E-state index is 2.42. The Morgan fingerprint density at radius 2 is 0.845 bits per heavy atom. The minimum atomic E-state index is 1.24. The predicted octanol–water partition coefficient (Wildman–Crippen LogP) is 17.2. The molecule has 0 radical (unpaired) electrons. The molecule has 0 bridgehead atoms. The SMILES string of the molecule is c1ccc2c(-c3c4ccccc4c(-c4ccc(-c5ccc6cc7c(cc6c5)sc5c7ccc6sc7ccccc7c65)c5ccccc45)c4ccccc34)cccc2c1. The maximum atomic E-state index is 2.42. The molecule has 0 nitrogen and oxygen atoms in total. The Kier molecular flexibility index (Phi) is 6.86. The summed E-state index contributed by atoms with van der Waals surface area (Å²) in [6.07, 6.45) is 0. The van der Waals surface area contributed by atoms with Crippen molar-refractivity contribution in [3.63, 3.8) is 0 Å². The first kappa shape index (κ1) is 32.3. The zero-order chi connectivity index (χ0) is 37.9. The van der Waals surface area contributed by atoms with Gasteiger partial charge in [0.25, 0.3) is 0 Å². The molecule has 268 valence electrons. The topological polar surface area (TPSA) is 0 Å². The van der Waals surface area contributed by atoms with Crippen LogP contribution in [0.4, 0.5) is 0 Å². The van der Waals surface area contributed by atoms with Crippen LogP contribution in [0.25, 0.3) is 128 Å². The quantitative estimate of drug-likeness (QED) is 0.157. The van der Waals surface area contributed by atoms with E-state index in [2.05, 4.69) is 194 Å². The molecule has 2 heterocycles. The number of rotatable bonds is 3. The van der Waals surface area contributed by atoms with Crippen molar-refractivity contribution in [3.05, 3.63) is 194 Å². The lowest BCUT2D eigenvalue weighted by atomic mass is 9.83. The Morgan fingerprint density at radius 1 is 0.259 bits per heavy atom. The molecule has 13 aromatic rings. The summed E-state index contributed by atoms with van der Waals surface area (Å²) >= 11 is 3.83. The molecule has 0 unspecified atom stereocenters. The van der Waals surface area contributed by atoms with E-state index in [4.69, 9.17) is 0 Å². The molecule has 2 heteroatoms. The second kappa shape index (κ2) is 12.3. The first-order chi connectivity index (χ1) is 28.8. The summed E-state index contributed by atoms with van der Waals surface area (Å²) in [5, 5.41) is 18.2. The Balaban J connectivity index is 1.01. The van der Waals surface area contributed by atoms with E-state index in [0.29, 0.717) is 0 Å². The molecule has 11 aromatic carbocycles.